The number of ether oxygens (including phenoxy) is 10. The van der Waals surface area contributed by atoms with Crippen molar-refractivity contribution in [1.29, 1.82) is 0 Å². The summed E-state index contributed by atoms with van der Waals surface area (Å²) < 4.78 is 63.3. The number of aliphatic hydroxyl groups excluding tert-OH is 1. The van der Waals surface area contributed by atoms with Crippen LogP contribution >= 0.6 is 0 Å². The summed E-state index contributed by atoms with van der Waals surface area (Å²) in [4.78, 5) is 70.5. The largest absolute Gasteiger partial charge is 0.452 e. The van der Waals surface area contributed by atoms with Crippen LogP contribution in [0.2, 0.25) is 25.7 Å². The molecule has 17 heteroatoms. The fourth-order valence-corrected chi connectivity index (χ4v) is 9.07. The lowest BCUT2D eigenvalue weighted by molar-refractivity contribution is -0.329. The first-order valence-electron chi connectivity index (χ1n) is 25.0. The van der Waals surface area contributed by atoms with Crippen molar-refractivity contribution >= 4 is 37.9 Å². The van der Waals surface area contributed by atoms with Gasteiger partial charge in [0, 0.05) is 14.7 Å². The molecule has 0 bridgehead atoms. The summed E-state index contributed by atoms with van der Waals surface area (Å²) in [6.45, 7) is 5.83. The van der Waals surface area contributed by atoms with Gasteiger partial charge in [0.05, 0.1) is 47.6 Å². The number of carbonyl (C=O) groups excluding carboxylic acids is 5. The van der Waals surface area contributed by atoms with Gasteiger partial charge in [-0.15, -0.1) is 0 Å². The highest BCUT2D eigenvalue weighted by molar-refractivity contribution is 6.76. The summed E-state index contributed by atoms with van der Waals surface area (Å²) in [5, 5.41) is 12.1. The molecule has 6 aromatic rings. The average molecular weight is 1050 g/mol. The van der Waals surface area contributed by atoms with E-state index in [-0.39, 0.29) is 47.6 Å². The van der Waals surface area contributed by atoms with E-state index in [4.69, 9.17) is 47.4 Å². The van der Waals surface area contributed by atoms with Crippen LogP contribution < -0.4 is 0 Å². The Morgan fingerprint density at radius 2 is 0.763 bits per heavy atom. The maximum atomic E-state index is 14.3. The van der Waals surface area contributed by atoms with Crippen molar-refractivity contribution in [3.05, 3.63) is 215 Å². The van der Waals surface area contributed by atoms with Gasteiger partial charge in [0.15, 0.2) is 43.1 Å². The van der Waals surface area contributed by atoms with Crippen molar-refractivity contribution < 1.29 is 76.4 Å². The zero-order valence-corrected chi connectivity index (χ0v) is 43.2. The number of carbonyl (C=O) groups is 5. The van der Waals surface area contributed by atoms with Gasteiger partial charge in [-0.05, 0) is 72.3 Å². The Morgan fingerprint density at radius 3 is 1.18 bits per heavy atom. The standard InChI is InChI=1S/C59H60O16Si/c1-76(2,3)35-34-67-58-52(75-57(65)44-32-20-9-21-33-44)50(73-55(63)42-28-16-7-17-29-42)48(71-53(61)40-24-12-5-13-25-40)46(70-58)38-68-59-51(74-56(64)43-30-18-8-19-31-43)49(72-54(62)41-26-14-6-15-27-41)47(60)45(69-59)37-66-36-39-22-10-4-11-23-39/h4-33,45-52,58-60H,34-38H2,1-3H3/t45-,46-,47+,48+,49+,50+,51-,52-,58-,59-/m1/s1. The predicted molar refractivity (Wildman–Crippen MR) is 278 cm³/mol. The lowest BCUT2D eigenvalue weighted by Gasteiger charge is -2.46. The second-order valence-corrected chi connectivity index (χ2v) is 24.9. The van der Waals surface area contributed by atoms with Gasteiger partial charge in [0.2, 0.25) is 0 Å². The molecule has 6 aromatic carbocycles. The topological polar surface area (TPSA) is 198 Å². The third kappa shape index (κ3) is 14.9. The maximum Gasteiger partial charge on any atom is 0.338 e. The monoisotopic (exact) mass is 1050 g/mol. The molecule has 2 aliphatic rings. The number of hydrogen-bond acceptors (Lipinski definition) is 16. The molecule has 8 rings (SSSR count). The minimum Gasteiger partial charge on any atom is -0.452 e. The molecule has 0 amide bonds. The van der Waals surface area contributed by atoms with Crippen LogP contribution in [-0.4, -0.2) is 124 Å². The van der Waals surface area contributed by atoms with Gasteiger partial charge in [0.1, 0.15) is 18.3 Å². The Kier molecular flexibility index (Phi) is 19.1. The average Bonchev–Trinajstić information content (AvgIpc) is 3.44. The fraction of sp³-hybridized carbons (Fsp3) is 0.305. The van der Waals surface area contributed by atoms with E-state index in [2.05, 4.69) is 19.6 Å². The molecule has 0 radical (unpaired) electrons. The summed E-state index contributed by atoms with van der Waals surface area (Å²) >= 11 is 0. The first kappa shape index (κ1) is 54.9. The lowest BCUT2D eigenvalue weighted by atomic mass is 9.97. The molecule has 0 saturated carbocycles. The van der Waals surface area contributed by atoms with Gasteiger partial charge in [-0.3, -0.25) is 0 Å². The molecule has 2 saturated heterocycles. The predicted octanol–water partition coefficient (Wildman–Crippen LogP) is 8.51. The van der Waals surface area contributed by atoms with Crippen LogP contribution in [0.4, 0.5) is 0 Å². The molecular formula is C59H60O16Si. The molecule has 2 heterocycles. The van der Waals surface area contributed by atoms with Gasteiger partial charge >= 0.3 is 29.8 Å². The van der Waals surface area contributed by atoms with Crippen LogP contribution in [0.1, 0.15) is 57.4 Å². The van der Waals surface area contributed by atoms with Crippen molar-refractivity contribution in [2.75, 3.05) is 19.8 Å². The Morgan fingerprint density at radius 1 is 0.421 bits per heavy atom. The van der Waals surface area contributed by atoms with Crippen molar-refractivity contribution in [2.24, 2.45) is 0 Å². The van der Waals surface area contributed by atoms with E-state index in [1.54, 1.807) is 103 Å². The maximum absolute atomic E-state index is 14.3. The second-order valence-electron chi connectivity index (χ2n) is 19.3. The van der Waals surface area contributed by atoms with E-state index >= 15 is 0 Å². The van der Waals surface area contributed by atoms with Crippen molar-refractivity contribution in [1.82, 2.24) is 0 Å². The summed E-state index contributed by atoms with van der Waals surface area (Å²) in [7, 11) is -1.78. The summed E-state index contributed by atoms with van der Waals surface area (Å²) in [6.07, 6.45) is -15.6. The van der Waals surface area contributed by atoms with Crippen LogP contribution in [-0.2, 0) is 54.0 Å². The van der Waals surface area contributed by atoms with Crippen molar-refractivity contribution in [2.45, 2.75) is 93.7 Å². The summed E-state index contributed by atoms with van der Waals surface area (Å²) in [5.74, 6) is -4.25. The zero-order valence-electron chi connectivity index (χ0n) is 42.2. The molecule has 0 spiro atoms. The molecule has 2 aliphatic heterocycles. The van der Waals surface area contributed by atoms with Crippen LogP contribution in [0.3, 0.4) is 0 Å². The number of benzene rings is 6. The Bertz CT molecular complexity index is 2800. The molecule has 1 N–H and O–H groups in total. The third-order valence-corrected chi connectivity index (χ3v) is 14.1. The third-order valence-electron chi connectivity index (χ3n) is 12.4. The number of rotatable bonds is 21. The Labute approximate surface area is 441 Å². The number of hydrogen-bond donors (Lipinski definition) is 1. The van der Waals surface area contributed by atoms with E-state index in [9.17, 15) is 29.1 Å². The van der Waals surface area contributed by atoms with Gasteiger partial charge < -0.3 is 52.5 Å². The second kappa shape index (κ2) is 26.4. The van der Waals surface area contributed by atoms with E-state index < -0.39 is 106 Å². The SMILES string of the molecule is C[Si](C)(C)CCO[C@@H]1O[C@H](CO[C@@H]2O[C@H](COCc3ccccc3)[C@H](O)[C@H](OC(=O)c3ccccc3)[C@H]2OC(=O)c2ccccc2)[C@H](OC(=O)c2ccccc2)[C@H](OC(=O)c2ccccc2)[C@H]1OC(=O)c1ccccc1. The van der Waals surface area contributed by atoms with E-state index in [0.29, 0.717) is 6.04 Å². The van der Waals surface area contributed by atoms with Crippen LogP contribution in [0.25, 0.3) is 0 Å². The molecule has 0 unspecified atom stereocenters. The molecule has 2 fully saturated rings. The van der Waals surface area contributed by atoms with Crippen LogP contribution in [0.15, 0.2) is 182 Å². The number of aliphatic hydroxyl groups is 1. The first-order valence-corrected chi connectivity index (χ1v) is 28.7. The van der Waals surface area contributed by atoms with Crippen molar-refractivity contribution in [3.8, 4) is 0 Å². The van der Waals surface area contributed by atoms with Gasteiger partial charge in [-0.2, -0.15) is 0 Å². The van der Waals surface area contributed by atoms with Gasteiger partial charge in [-0.1, -0.05) is 141 Å². The molecule has 10 atom stereocenters. The van der Waals surface area contributed by atoms with Gasteiger partial charge in [0.25, 0.3) is 0 Å². The first-order chi connectivity index (χ1) is 36.8. The number of esters is 5. The van der Waals surface area contributed by atoms with Crippen LogP contribution in [0, 0.1) is 0 Å². The zero-order chi connectivity index (χ0) is 53.4. The fourth-order valence-electron chi connectivity index (χ4n) is 8.34. The quantitative estimate of drug-likeness (QED) is 0.0409. The Balaban J connectivity index is 1.19. The smallest absolute Gasteiger partial charge is 0.338 e. The molecule has 16 nitrogen and oxygen atoms in total. The highest BCUT2D eigenvalue weighted by Crippen LogP contribution is 2.35. The minimum atomic E-state index is -1.78. The minimum absolute atomic E-state index is 0.113. The summed E-state index contributed by atoms with van der Waals surface area (Å²) in [6, 6.07) is 50.3. The van der Waals surface area contributed by atoms with Crippen LogP contribution in [0.5, 0.6) is 0 Å². The van der Waals surface area contributed by atoms with Crippen molar-refractivity contribution in [3.63, 3.8) is 0 Å². The van der Waals surface area contributed by atoms with Gasteiger partial charge in [-0.25, -0.2) is 24.0 Å². The molecule has 0 aliphatic carbocycles. The molecule has 0 aromatic heterocycles. The lowest BCUT2D eigenvalue weighted by Crippen LogP contribution is -2.64. The Hall–Kier alpha value is -7.35. The van der Waals surface area contributed by atoms with E-state index in [1.807, 2.05) is 30.3 Å². The summed E-state index contributed by atoms with van der Waals surface area (Å²) in [5.41, 5.74) is 1.51. The normalized spacial score (nSPS) is 23.3. The molecule has 396 valence electrons. The highest BCUT2D eigenvalue weighted by Gasteiger charge is 2.55. The van der Waals surface area contributed by atoms with E-state index in [1.165, 1.54) is 48.5 Å². The van der Waals surface area contributed by atoms with E-state index in [0.717, 1.165) is 5.56 Å². The highest BCUT2D eigenvalue weighted by atomic mass is 28.3. The molecular weight excluding hydrogens is 993 g/mol. The molecule has 76 heavy (non-hydrogen) atoms.